The van der Waals surface area contributed by atoms with Gasteiger partial charge in [-0.1, -0.05) is 34.1 Å². The molecule has 1 aliphatic rings. The van der Waals surface area contributed by atoms with E-state index in [2.05, 4.69) is 30.9 Å². The van der Waals surface area contributed by atoms with E-state index in [-0.39, 0.29) is 35.1 Å². The number of aliphatic hydroxyl groups excluding tert-OH is 1. The van der Waals surface area contributed by atoms with Gasteiger partial charge in [-0.05, 0) is 42.8 Å². The summed E-state index contributed by atoms with van der Waals surface area (Å²) in [5.41, 5.74) is 0.283. The average Bonchev–Trinajstić information content (AvgIpc) is 3.36. The maximum Gasteiger partial charge on any atom is 0.433 e. The molecule has 12 heteroatoms. The molecule has 2 aromatic heterocycles. The van der Waals surface area contributed by atoms with E-state index >= 15 is 0 Å². The molecule has 0 radical (unpaired) electrons. The monoisotopic (exact) mass is 617 g/mol. The van der Waals surface area contributed by atoms with Gasteiger partial charge in [0, 0.05) is 41.8 Å². The normalized spacial score (nSPS) is 15.4. The van der Waals surface area contributed by atoms with Gasteiger partial charge in [-0.3, -0.25) is 9.69 Å². The zero-order valence-corrected chi connectivity index (χ0v) is 23.4. The van der Waals surface area contributed by atoms with Crippen molar-refractivity contribution in [2.24, 2.45) is 0 Å². The Balaban J connectivity index is 1.46. The molecule has 1 fully saturated rings. The van der Waals surface area contributed by atoms with Crippen LogP contribution in [0.2, 0.25) is 0 Å². The number of piperazine rings is 1. The highest BCUT2D eigenvalue weighted by Crippen LogP contribution is 2.37. The lowest BCUT2D eigenvalue weighted by Crippen LogP contribution is -2.50. The maximum atomic E-state index is 14.2. The molecule has 3 heterocycles. The van der Waals surface area contributed by atoms with Crippen molar-refractivity contribution in [2.45, 2.75) is 19.1 Å². The van der Waals surface area contributed by atoms with Gasteiger partial charge in [0.1, 0.15) is 11.3 Å². The number of aromatic nitrogens is 3. The van der Waals surface area contributed by atoms with Crippen LogP contribution >= 0.6 is 15.9 Å². The predicted molar refractivity (Wildman–Crippen MR) is 146 cm³/mol. The van der Waals surface area contributed by atoms with Crippen LogP contribution < -0.4 is 4.74 Å². The molecule has 4 aromatic rings. The zero-order valence-electron chi connectivity index (χ0n) is 21.8. The van der Waals surface area contributed by atoms with Gasteiger partial charge in [0.05, 0.1) is 31.6 Å². The van der Waals surface area contributed by atoms with Crippen LogP contribution in [0.25, 0.3) is 16.9 Å². The molecule has 1 atom stereocenters. The number of alkyl halides is 3. The van der Waals surface area contributed by atoms with Crippen LogP contribution in [0.3, 0.4) is 0 Å². The lowest BCUT2D eigenvalue weighted by atomic mass is 10.0. The number of carbonyl (C=O) groups excluding carboxylic acids is 1. The van der Waals surface area contributed by atoms with Gasteiger partial charge in [0.2, 0.25) is 0 Å². The minimum absolute atomic E-state index is 0.00164. The molecule has 0 bridgehead atoms. The number of benzene rings is 2. The van der Waals surface area contributed by atoms with Crippen LogP contribution in [-0.4, -0.2) is 75.3 Å². The summed E-state index contributed by atoms with van der Waals surface area (Å²) >= 11 is 3.54. The second-order valence-electron chi connectivity index (χ2n) is 9.50. The van der Waals surface area contributed by atoms with E-state index in [1.807, 2.05) is 24.3 Å². The molecule has 8 nitrogen and oxygen atoms in total. The number of carbonyl (C=O) groups is 1. The molecular weight excluding hydrogens is 591 g/mol. The van der Waals surface area contributed by atoms with E-state index < -0.39 is 17.8 Å². The Morgan fingerprint density at radius 2 is 1.77 bits per heavy atom. The van der Waals surface area contributed by atoms with E-state index in [9.17, 15) is 23.1 Å². The van der Waals surface area contributed by atoms with Crippen molar-refractivity contribution in [2.75, 3.05) is 39.9 Å². The van der Waals surface area contributed by atoms with Crippen LogP contribution in [0.15, 0.2) is 59.2 Å². The fourth-order valence-corrected chi connectivity index (χ4v) is 5.70. The lowest BCUT2D eigenvalue weighted by Gasteiger charge is -2.39. The number of hydrogen-bond acceptors (Lipinski definition) is 6. The largest absolute Gasteiger partial charge is 0.497 e. The highest BCUT2D eigenvalue weighted by Gasteiger charge is 2.39. The number of aliphatic hydroxyl groups is 1. The van der Waals surface area contributed by atoms with Crippen LogP contribution in [0.5, 0.6) is 5.75 Å². The van der Waals surface area contributed by atoms with Crippen LogP contribution in [0.1, 0.15) is 33.2 Å². The fourth-order valence-electron chi connectivity index (χ4n) is 5.15. The quantitative estimate of drug-likeness (QED) is 0.328. The molecule has 0 saturated carbocycles. The molecular formula is C28H27BrF3N5O3. The number of amides is 1. The van der Waals surface area contributed by atoms with Gasteiger partial charge in [0.25, 0.3) is 5.91 Å². The van der Waals surface area contributed by atoms with Crippen molar-refractivity contribution in [1.82, 2.24) is 24.4 Å². The first-order chi connectivity index (χ1) is 19.1. The molecule has 1 amide bonds. The molecule has 2 aromatic carbocycles. The summed E-state index contributed by atoms with van der Waals surface area (Å²) in [6, 6.07) is 13.9. The third-order valence-electron chi connectivity index (χ3n) is 7.23. The minimum Gasteiger partial charge on any atom is -0.497 e. The Morgan fingerprint density at radius 1 is 1.10 bits per heavy atom. The summed E-state index contributed by atoms with van der Waals surface area (Å²) in [6.45, 7) is 2.88. The number of ether oxygens (including phenoxy) is 1. The summed E-state index contributed by atoms with van der Waals surface area (Å²) < 4.78 is 49.5. The van der Waals surface area contributed by atoms with E-state index in [0.717, 1.165) is 16.2 Å². The topological polar surface area (TPSA) is 83.2 Å². The maximum absolute atomic E-state index is 14.2. The van der Waals surface area contributed by atoms with E-state index in [0.29, 0.717) is 42.0 Å². The molecule has 0 unspecified atom stereocenters. The Bertz CT molecular complexity index is 1530. The van der Waals surface area contributed by atoms with Crippen molar-refractivity contribution < 1.29 is 27.8 Å². The summed E-state index contributed by atoms with van der Waals surface area (Å²) in [4.78, 5) is 21.8. The molecule has 40 heavy (non-hydrogen) atoms. The Morgan fingerprint density at radius 3 is 2.38 bits per heavy atom. The molecule has 1 aliphatic heterocycles. The average molecular weight is 618 g/mol. The van der Waals surface area contributed by atoms with Gasteiger partial charge < -0.3 is 14.7 Å². The number of methoxy groups -OCH3 is 1. The Labute approximate surface area is 237 Å². The molecule has 5 rings (SSSR count). The number of fused-ring (bicyclic) bond motifs is 1. The summed E-state index contributed by atoms with van der Waals surface area (Å²) in [5.74, 6) is 0.113. The van der Waals surface area contributed by atoms with Crippen molar-refractivity contribution in [3.63, 3.8) is 0 Å². The lowest BCUT2D eigenvalue weighted by molar-refractivity contribution is -0.143. The number of halogens is 4. The van der Waals surface area contributed by atoms with Crippen LogP contribution in [0, 0.1) is 6.92 Å². The summed E-state index contributed by atoms with van der Waals surface area (Å²) in [6.07, 6.45) is -3.57. The number of rotatable bonds is 6. The van der Waals surface area contributed by atoms with Crippen molar-refractivity contribution in [1.29, 1.82) is 0 Å². The standard InChI is InChI=1S/C28H27BrF3N5O3/c1-17-24(18-7-9-19(40-2)10-8-18)34-26-21(15-33-37(26)25(17)28(30,31)32)27(39)36-13-11-35(12-14-36)23(16-38)20-5-3-4-6-22(20)29/h3-10,15,23,38H,11-14,16H2,1-2H3/t23-/m1/s1. The van der Waals surface area contributed by atoms with Crippen molar-refractivity contribution in [3.05, 3.63) is 81.6 Å². The summed E-state index contributed by atoms with van der Waals surface area (Å²) in [5, 5.41) is 14.0. The van der Waals surface area contributed by atoms with E-state index in [4.69, 9.17) is 4.74 Å². The SMILES string of the molecule is COc1ccc(-c2nc3c(C(=O)N4CCN([C@H](CO)c5ccccc5Br)CC4)cnn3c(C(F)(F)F)c2C)cc1. The van der Waals surface area contributed by atoms with Crippen molar-refractivity contribution in [3.8, 4) is 17.0 Å². The smallest absolute Gasteiger partial charge is 0.433 e. The number of nitrogens with zero attached hydrogens (tertiary/aromatic N) is 5. The second-order valence-corrected chi connectivity index (χ2v) is 10.4. The van der Waals surface area contributed by atoms with E-state index in [1.54, 1.807) is 29.2 Å². The van der Waals surface area contributed by atoms with Gasteiger partial charge >= 0.3 is 6.18 Å². The van der Waals surface area contributed by atoms with Gasteiger partial charge in [-0.25, -0.2) is 9.50 Å². The predicted octanol–water partition coefficient (Wildman–Crippen LogP) is 4.99. The first-order valence-corrected chi connectivity index (χ1v) is 13.4. The summed E-state index contributed by atoms with van der Waals surface area (Å²) in [7, 11) is 1.50. The van der Waals surface area contributed by atoms with Crippen LogP contribution in [0.4, 0.5) is 13.2 Å². The third kappa shape index (κ3) is 5.18. The van der Waals surface area contributed by atoms with Gasteiger partial charge in [-0.2, -0.15) is 18.3 Å². The molecule has 0 spiro atoms. The van der Waals surface area contributed by atoms with Gasteiger partial charge in [0.15, 0.2) is 11.3 Å². The second kappa shape index (κ2) is 11.2. The Hall–Kier alpha value is -3.48. The highest BCUT2D eigenvalue weighted by atomic mass is 79.9. The zero-order chi connectivity index (χ0) is 28.6. The molecule has 1 N–H and O–H groups in total. The molecule has 1 saturated heterocycles. The van der Waals surface area contributed by atoms with E-state index in [1.165, 1.54) is 14.0 Å². The third-order valence-corrected chi connectivity index (χ3v) is 7.95. The Kier molecular flexibility index (Phi) is 7.85. The number of hydrogen-bond donors (Lipinski definition) is 1. The first-order valence-electron chi connectivity index (χ1n) is 12.6. The minimum atomic E-state index is -4.73. The highest BCUT2D eigenvalue weighted by molar-refractivity contribution is 9.10. The molecule has 210 valence electrons. The molecule has 0 aliphatic carbocycles. The van der Waals surface area contributed by atoms with Crippen LogP contribution in [-0.2, 0) is 6.18 Å². The van der Waals surface area contributed by atoms with Crippen molar-refractivity contribution >= 4 is 27.5 Å². The fraction of sp³-hybridized carbons (Fsp3) is 0.321. The van der Waals surface area contributed by atoms with Gasteiger partial charge in [-0.15, -0.1) is 0 Å². The first kappa shape index (κ1) is 28.1.